The van der Waals surface area contributed by atoms with E-state index in [1.54, 1.807) is 23.4 Å². The van der Waals surface area contributed by atoms with Gasteiger partial charge in [0, 0.05) is 24.2 Å². The summed E-state index contributed by atoms with van der Waals surface area (Å²) in [4.78, 5) is 30.8. The lowest BCUT2D eigenvalue weighted by atomic mass is 9.74. The molecule has 4 rings (SSSR count). The van der Waals surface area contributed by atoms with Crippen LogP contribution in [0.1, 0.15) is 17.5 Å². The molecule has 5 heteroatoms. The lowest BCUT2D eigenvalue weighted by molar-refractivity contribution is -0.131. The Balaban J connectivity index is 1.87. The van der Waals surface area contributed by atoms with E-state index in [2.05, 4.69) is 4.98 Å². The van der Waals surface area contributed by atoms with E-state index in [0.717, 1.165) is 28.6 Å². The Morgan fingerprint density at radius 1 is 1.00 bits per heavy atom. The first-order valence-corrected chi connectivity index (χ1v) is 9.39. The number of carboxylic acids is 1. The summed E-state index contributed by atoms with van der Waals surface area (Å²) in [5.74, 6) is -1.08. The second kappa shape index (κ2) is 7.72. The molecule has 1 atom stereocenters. The molecule has 1 aliphatic rings. The van der Waals surface area contributed by atoms with Gasteiger partial charge >= 0.3 is 5.97 Å². The fourth-order valence-corrected chi connectivity index (χ4v) is 4.00. The lowest BCUT2D eigenvalue weighted by Crippen LogP contribution is -2.40. The molecule has 0 bridgehead atoms. The molecule has 3 aromatic rings. The zero-order valence-corrected chi connectivity index (χ0v) is 15.7. The van der Waals surface area contributed by atoms with Crippen LogP contribution < -0.4 is 4.90 Å². The second-order valence-electron chi connectivity index (χ2n) is 7.05. The Morgan fingerprint density at radius 2 is 1.69 bits per heavy atom. The molecular weight excluding hydrogens is 364 g/mol. The number of carbonyl (C=O) groups is 2. The Labute approximate surface area is 169 Å². The highest BCUT2D eigenvalue weighted by Gasteiger charge is 2.50. The number of hydrogen-bond acceptors (Lipinski definition) is 3. The van der Waals surface area contributed by atoms with Crippen molar-refractivity contribution in [2.45, 2.75) is 18.3 Å². The van der Waals surface area contributed by atoms with Gasteiger partial charge in [0.2, 0.25) is 5.91 Å². The molecule has 0 saturated carbocycles. The van der Waals surface area contributed by atoms with Crippen LogP contribution in [0.4, 0.5) is 11.4 Å². The number of aliphatic carboxylic acids is 1. The van der Waals surface area contributed by atoms with Crippen molar-refractivity contribution < 1.29 is 14.7 Å². The maximum atomic E-state index is 13.9. The fraction of sp³-hybridized carbons (Fsp3) is 0.125. The van der Waals surface area contributed by atoms with Gasteiger partial charge in [0.15, 0.2) is 0 Å². The topological polar surface area (TPSA) is 70.5 Å². The monoisotopic (exact) mass is 384 g/mol. The summed E-state index contributed by atoms with van der Waals surface area (Å²) in [7, 11) is 0. The number of allylic oxidation sites excluding steroid dienone is 1. The summed E-state index contributed by atoms with van der Waals surface area (Å²) in [5, 5.41) is 9.06. The predicted octanol–water partition coefficient (Wildman–Crippen LogP) is 4.27. The van der Waals surface area contributed by atoms with Crippen LogP contribution >= 0.6 is 0 Å². The smallest absolute Gasteiger partial charge is 0.327 e. The third-order valence-corrected chi connectivity index (χ3v) is 5.27. The molecule has 144 valence electrons. The van der Waals surface area contributed by atoms with Crippen molar-refractivity contribution in [1.29, 1.82) is 0 Å². The van der Waals surface area contributed by atoms with Gasteiger partial charge in [-0.25, -0.2) is 4.79 Å². The van der Waals surface area contributed by atoms with Crippen LogP contribution in [0.5, 0.6) is 0 Å². The number of aromatic nitrogens is 1. The minimum absolute atomic E-state index is 0.0586. The van der Waals surface area contributed by atoms with Gasteiger partial charge in [0.1, 0.15) is 0 Å². The van der Waals surface area contributed by atoms with Gasteiger partial charge in [-0.2, -0.15) is 0 Å². The summed E-state index contributed by atoms with van der Waals surface area (Å²) < 4.78 is 0. The largest absolute Gasteiger partial charge is 0.478 e. The zero-order chi connectivity index (χ0) is 20.3. The molecule has 0 saturated heterocycles. The van der Waals surface area contributed by atoms with Gasteiger partial charge in [-0.1, -0.05) is 42.5 Å². The maximum Gasteiger partial charge on any atom is 0.327 e. The van der Waals surface area contributed by atoms with Crippen LogP contribution in [-0.4, -0.2) is 22.0 Å². The van der Waals surface area contributed by atoms with Crippen LogP contribution in [-0.2, 0) is 21.4 Å². The van der Waals surface area contributed by atoms with Crippen molar-refractivity contribution in [2.24, 2.45) is 0 Å². The first-order chi connectivity index (χ1) is 14.1. The van der Waals surface area contributed by atoms with E-state index in [0.29, 0.717) is 12.8 Å². The number of carboxylic acid groups (broad SMARTS) is 1. The Morgan fingerprint density at radius 3 is 2.41 bits per heavy atom. The van der Waals surface area contributed by atoms with Gasteiger partial charge in [-0.05, 0) is 54.3 Å². The van der Waals surface area contributed by atoms with E-state index < -0.39 is 11.4 Å². The van der Waals surface area contributed by atoms with E-state index in [1.165, 1.54) is 0 Å². The molecule has 0 fully saturated rings. The van der Waals surface area contributed by atoms with Gasteiger partial charge in [-0.15, -0.1) is 0 Å². The van der Waals surface area contributed by atoms with E-state index >= 15 is 0 Å². The van der Waals surface area contributed by atoms with Crippen molar-refractivity contribution in [1.82, 2.24) is 4.98 Å². The Bertz CT molecular complexity index is 1060. The van der Waals surface area contributed by atoms with Crippen LogP contribution in [0.3, 0.4) is 0 Å². The van der Waals surface area contributed by atoms with Crippen molar-refractivity contribution in [3.05, 3.63) is 102 Å². The molecule has 2 aromatic carbocycles. The minimum atomic E-state index is -1.03. The van der Waals surface area contributed by atoms with Crippen LogP contribution in [0.2, 0.25) is 0 Å². The number of nitrogens with zero attached hydrogens (tertiary/aromatic N) is 2. The average molecular weight is 384 g/mol. The highest BCUT2D eigenvalue weighted by Crippen LogP contribution is 2.49. The molecule has 1 unspecified atom stereocenters. The van der Waals surface area contributed by atoms with Gasteiger partial charge in [0.05, 0.1) is 11.1 Å². The molecule has 1 amide bonds. The Hall–Kier alpha value is -3.73. The molecule has 0 spiro atoms. The van der Waals surface area contributed by atoms with E-state index in [4.69, 9.17) is 5.11 Å². The summed E-state index contributed by atoms with van der Waals surface area (Å²) in [6.07, 6.45) is 6.84. The minimum Gasteiger partial charge on any atom is -0.478 e. The van der Waals surface area contributed by atoms with Crippen LogP contribution in [0.25, 0.3) is 0 Å². The number of rotatable bonds is 6. The zero-order valence-electron chi connectivity index (χ0n) is 15.7. The predicted molar refractivity (Wildman–Crippen MR) is 111 cm³/mol. The molecular formula is C24H20N2O3. The summed E-state index contributed by atoms with van der Waals surface area (Å²) in [6.45, 7) is 0. The second-order valence-corrected chi connectivity index (χ2v) is 7.05. The quantitative estimate of drug-likeness (QED) is 0.644. The van der Waals surface area contributed by atoms with Crippen LogP contribution in [0.15, 0.2) is 91.3 Å². The highest BCUT2D eigenvalue weighted by molar-refractivity contribution is 6.13. The van der Waals surface area contributed by atoms with E-state index in [1.807, 2.05) is 66.7 Å². The number of carbonyl (C=O) groups excluding carboxylic acids is 1. The van der Waals surface area contributed by atoms with Crippen LogP contribution in [0, 0.1) is 0 Å². The molecule has 2 heterocycles. The third kappa shape index (κ3) is 3.43. The number of fused-ring (bicyclic) bond motifs is 1. The molecule has 5 nitrogen and oxygen atoms in total. The molecule has 1 aliphatic heterocycles. The van der Waals surface area contributed by atoms with Crippen molar-refractivity contribution >= 4 is 23.3 Å². The van der Waals surface area contributed by atoms with E-state index in [-0.39, 0.29) is 5.91 Å². The average Bonchev–Trinajstić information content (AvgIpc) is 2.97. The number of amides is 1. The van der Waals surface area contributed by atoms with Crippen molar-refractivity contribution in [3.8, 4) is 0 Å². The van der Waals surface area contributed by atoms with Crippen molar-refractivity contribution in [3.63, 3.8) is 0 Å². The number of anilines is 2. The van der Waals surface area contributed by atoms with Gasteiger partial charge in [0.25, 0.3) is 0 Å². The molecule has 29 heavy (non-hydrogen) atoms. The number of hydrogen-bond donors (Lipinski definition) is 1. The summed E-state index contributed by atoms with van der Waals surface area (Å²) in [6, 6.07) is 21.1. The first-order valence-electron chi connectivity index (χ1n) is 9.39. The van der Waals surface area contributed by atoms with Gasteiger partial charge < -0.3 is 5.11 Å². The normalized spacial score (nSPS) is 18.2. The van der Waals surface area contributed by atoms with E-state index in [9.17, 15) is 9.59 Å². The standard InChI is InChI=1S/C24H20N2O3/c27-22(28)11-6-14-24(17-18-12-15-25-16-13-18)20-9-4-5-10-21(20)26(23(24)29)19-7-2-1-3-8-19/h1-13,15-16H,14,17H2,(H,27,28)/b11-6+. The SMILES string of the molecule is O=C(O)/C=C/CC1(Cc2ccncc2)C(=O)N(c2ccccc2)c2ccccc21. The fourth-order valence-electron chi connectivity index (χ4n) is 4.00. The summed E-state index contributed by atoms with van der Waals surface area (Å²) in [5.41, 5.74) is 2.62. The third-order valence-electron chi connectivity index (χ3n) is 5.27. The number of para-hydroxylation sites is 2. The first kappa shape index (κ1) is 18.6. The molecule has 1 N–H and O–H groups in total. The molecule has 0 radical (unpaired) electrons. The molecule has 0 aliphatic carbocycles. The number of pyridine rings is 1. The van der Waals surface area contributed by atoms with Gasteiger partial charge in [-0.3, -0.25) is 14.7 Å². The molecule has 1 aromatic heterocycles. The highest BCUT2D eigenvalue weighted by atomic mass is 16.4. The maximum absolute atomic E-state index is 13.9. The lowest BCUT2D eigenvalue weighted by Gasteiger charge is -2.28. The summed E-state index contributed by atoms with van der Waals surface area (Å²) >= 11 is 0. The van der Waals surface area contributed by atoms with Crippen molar-refractivity contribution in [2.75, 3.05) is 4.90 Å². The number of benzene rings is 2. The Kier molecular flexibility index (Phi) is 4.96.